The fourth-order valence-corrected chi connectivity index (χ4v) is 3.99. The molecule has 0 aliphatic carbocycles. The van der Waals surface area contributed by atoms with Crippen LogP contribution in [-0.4, -0.2) is 26.8 Å². The molecule has 0 radical (unpaired) electrons. The number of aromatic nitrogens is 3. The molecule has 1 amide bonds. The highest BCUT2D eigenvalue weighted by atomic mass is 32.2. The number of hydrogen-bond acceptors (Lipinski definition) is 6. The number of thioether (sulfide) groups is 1. The third-order valence-electron chi connectivity index (χ3n) is 4.88. The summed E-state index contributed by atoms with van der Waals surface area (Å²) in [5.74, 6) is 0.894. The van der Waals surface area contributed by atoms with Crippen molar-refractivity contribution < 1.29 is 9.53 Å². The van der Waals surface area contributed by atoms with Crippen molar-refractivity contribution in [3.63, 3.8) is 0 Å². The van der Waals surface area contributed by atoms with Gasteiger partial charge in [-0.3, -0.25) is 9.69 Å². The van der Waals surface area contributed by atoms with Gasteiger partial charge in [-0.05, 0) is 25.5 Å². The van der Waals surface area contributed by atoms with E-state index in [1.165, 1.54) is 11.8 Å². The van der Waals surface area contributed by atoms with Crippen LogP contribution in [-0.2, 0) is 4.79 Å². The fourth-order valence-electron chi connectivity index (χ4n) is 3.48. The summed E-state index contributed by atoms with van der Waals surface area (Å²) < 4.78 is 6.41. The highest BCUT2D eigenvalue weighted by molar-refractivity contribution is 7.99. The molecule has 0 saturated carbocycles. The Kier molecular flexibility index (Phi) is 5.55. The summed E-state index contributed by atoms with van der Waals surface area (Å²) in [6, 6.07) is 13.7. The monoisotopic (exact) mass is 418 g/mol. The number of ether oxygens (including phenoxy) is 1. The molecule has 3 aromatic rings. The Balaban J connectivity index is 1.95. The molecule has 1 aliphatic heterocycles. The van der Waals surface area contributed by atoms with Crippen LogP contribution in [0.1, 0.15) is 29.8 Å². The number of carbonyl (C=O) groups excluding carboxylic acids is 1. The number of nitrogens with zero attached hydrogens (tertiary/aromatic N) is 4. The molecular weight excluding hydrogens is 396 g/mol. The Morgan fingerprint density at radius 2 is 2.03 bits per heavy atom. The van der Waals surface area contributed by atoms with E-state index in [2.05, 4.69) is 21.8 Å². The Labute approximate surface area is 180 Å². The van der Waals surface area contributed by atoms with Gasteiger partial charge in [0.25, 0.3) is 0 Å². The Hall–Kier alpha value is -3.19. The van der Waals surface area contributed by atoms with Gasteiger partial charge in [0.2, 0.25) is 23.2 Å². The molecule has 1 atom stereocenters. The molecule has 7 heteroatoms. The van der Waals surface area contributed by atoms with Gasteiger partial charge in [-0.2, -0.15) is 4.98 Å². The predicted octanol–water partition coefficient (Wildman–Crippen LogP) is 4.88. The summed E-state index contributed by atoms with van der Waals surface area (Å²) in [7, 11) is 0. The van der Waals surface area contributed by atoms with Gasteiger partial charge in [0, 0.05) is 23.8 Å². The normalized spacial score (nSPS) is 14.9. The highest BCUT2D eigenvalue weighted by Gasteiger charge is 2.35. The maximum Gasteiger partial charge on any atom is 0.247 e. The van der Waals surface area contributed by atoms with Crippen molar-refractivity contribution in [2.45, 2.75) is 32.2 Å². The lowest BCUT2D eigenvalue weighted by molar-refractivity contribution is -0.118. The van der Waals surface area contributed by atoms with Crippen molar-refractivity contribution in [2.75, 3.05) is 10.7 Å². The smallest absolute Gasteiger partial charge is 0.247 e. The van der Waals surface area contributed by atoms with Gasteiger partial charge < -0.3 is 4.74 Å². The number of amides is 1. The van der Waals surface area contributed by atoms with Gasteiger partial charge in [0.1, 0.15) is 0 Å². The minimum absolute atomic E-state index is 0.129. The summed E-state index contributed by atoms with van der Waals surface area (Å²) in [5.41, 5.74) is 5.02. The number of aryl methyl sites for hydroxylation is 2. The largest absolute Gasteiger partial charge is 0.447 e. The number of para-hydroxylation sites is 1. The second kappa shape index (κ2) is 8.28. The predicted molar refractivity (Wildman–Crippen MR) is 119 cm³/mol. The number of fused-ring (bicyclic) bond motifs is 3. The molecule has 152 valence electrons. The van der Waals surface area contributed by atoms with E-state index in [0.29, 0.717) is 22.5 Å². The van der Waals surface area contributed by atoms with Crippen molar-refractivity contribution in [1.82, 2.24) is 15.2 Å². The zero-order chi connectivity index (χ0) is 21.3. The lowest BCUT2D eigenvalue weighted by Gasteiger charge is -2.31. The minimum atomic E-state index is -0.668. The van der Waals surface area contributed by atoms with E-state index >= 15 is 0 Å². The lowest BCUT2D eigenvalue weighted by atomic mass is 10.0. The van der Waals surface area contributed by atoms with E-state index in [9.17, 15) is 4.79 Å². The van der Waals surface area contributed by atoms with E-state index in [1.807, 2.05) is 56.3 Å². The Bertz CT molecular complexity index is 1130. The molecule has 0 fully saturated rings. The third-order valence-corrected chi connectivity index (χ3v) is 5.72. The Morgan fingerprint density at radius 3 is 2.80 bits per heavy atom. The first-order valence-corrected chi connectivity index (χ1v) is 10.6. The van der Waals surface area contributed by atoms with Crippen LogP contribution in [0.25, 0.3) is 11.3 Å². The second-order valence-corrected chi connectivity index (χ2v) is 8.07. The molecule has 0 bridgehead atoms. The van der Waals surface area contributed by atoms with Crippen LogP contribution in [0.4, 0.5) is 5.69 Å². The number of carbonyl (C=O) groups is 1. The van der Waals surface area contributed by atoms with Crippen molar-refractivity contribution >= 4 is 23.4 Å². The van der Waals surface area contributed by atoms with Crippen LogP contribution in [0, 0.1) is 13.8 Å². The van der Waals surface area contributed by atoms with Gasteiger partial charge in [-0.15, -0.1) is 16.8 Å². The molecule has 2 heterocycles. The SMILES string of the molecule is C=CCSc1nnc2c(n1)O[C@@H](c1cc(C)ccc1C)N(C(C)=O)c1ccccc1-2. The van der Waals surface area contributed by atoms with Gasteiger partial charge in [-0.1, -0.05) is 59.8 Å². The summed E-state index contributed by atoms with van der Waals surface area (Å²) in [5, 5.41) is 9.15. The lowest BCUT2D eigenvalue weighted by Crippen LogP contribution is -2.36. The van der Waals surface area contributed by atoms with Gasteiger partial charge in [0.15, 0.2) is 5.69 Å². The second-order valence-electron chi connectivity index (χ2n) is 7.08. The van der Waals surface area contributed by atoms with Crippen LogP contribution in [0.5, 0.6) is 5.88 Å². The average molecular weight is 419 g/mol. The summed E-state index contributed by atoms with van der Waals surface area (Å²) in [6.07, 6.45) is 1.12. The Morgan fingerprint density at radius 1 is 1.23 bits per heavy atom. The van der Waals surface area contributed by atoms with Crippen LogP contribution < -0.4 is 9.64 Å². The quantitative estimate of drug-likeness (QED) is 0.444. The topological polar surface area (TPSA) is 68.2 Å². The first kappa shape index (κ1) is 20.1. The molecule has 0 unspecified atom stereocenters. The van der Waals surface area contributed by atoms with Crippen molar-refractivity contribution in [1.29, 1.82) is 0 Å². The molecule has 0 saturated heterocycles. The van der Waals surface area contributed by atoms with Crippen LogP contribution in [0.3, 0.4) is 0 Å². The summed E-state index contributed by atoms with van der Waals surface area (Å²) >= 11 is 1.43. The zero-order valence-electron chi connectivity index (χ0n) is 17.1. The zero-order valence-corrected chi connectivity index (χ0v) is 17.9. The standard InChI is InChI=1S/C23H22N4O2S/c1-5-12-30-23-24-21-20(25-26-23)17-8-6-7-9-19(17)27(16(4)28)22(29-21)18-13-14(2)10-11-15(18)3/h5-11,13,22H,1,12H2,2-4H3/t22-/m0/s1. The number of anilines is 1. The summed E-state index contributed by atoms with van der Waals surface area (Å²) in [6.45, 7) is 9.31. The molecule has 0 spiro atoms. The van der Waals surface area contributed by atoms with E-state index in [1.54, 1.807) is 17.9 Å². The van der Waals surface area contributed by atoms with Crippen molar-refractivity contribution in [3.05, 3.63) is 71.8 Å². The molecule has 2 aromatic carbocycles. The van der Waals surface area contributed by atoms with Crippen LogP contribution in [0.2, 0.25) is 0 Å². The molecule has 30 heavy (non-hydrogen) atoms. The first-order valence-electron chi connectivity index (χ1n) is 9.61. The van der Waals surface area contributed by atoms with Crippen LogP contribution >= 0.6 is 11.8 Å². The van der Waals surface area contributed by atoms with Gasteiger partial charge in [-0.25, -0.2) is 0 Å². The average Bonchev–Trinajstić information content (AvgIpc) is 2.88. The molecule has 6 nitrogen and oxygen atoms in total. The van der Waals surface area contributed by atoms with Gasteiger partial charge in [0.05, 0.1) is 5.69 Å². The highest BCUT2D eigenvalue weighted by Crippen LogP contribution is 2.43. The van der Waals surface area contributed by atoms with Crippen LogP contribution in [0.15, 0.2) is 60.3 Å². The molecule has 1 aliphatic rings. The van der Waals surface area contributed by atoms with E-state index < -0.39 is 6.23 Å². The number of hydrogen-bond donors (Lipinski definition) is 0. The first-order chi connectivity index (χ1) is 14.5. The minimum Gasteiger partial charge on any atom is -0.447 e. The van der Waals surface area contributed by atoms with Crippen molar-refractivity contribution in [2.24, 2.45) is 0 Å². The van der Waals surface area contributed by atoms with E-state index in [0.717, 1.165) is 27.9 Å². The number of benzene rings is 2. The molecule has 1 aromatic heterocycles. The third kappa shape index (κ3) is 3.68. The van der Waals surface area contributed by atoms with E-state index in [-0.39, 0.29) is 5.91 Å². The maximum atomic E-state index is 12.8. The molecular formula is C23H22N4O2S. The van der Waals surface area contributed by atoms with E-state index in [4.69, 9.17) is 4.74 Å². The van der Waals surface area contributed by atoms with Crippen molar-refractivity contribution in [3.8, 4) is 17.1 Å². The fraction of sp³-hybridized carbons (Fsp3) is 0.217. The van der Waals surface area contributed by atoms with Gasteiger partial charge >= 0.3 is 0 Å². The molecule has 4 rings (SSSR count). The number of rotatable bonds is 4. The maximum absolute atomic E-state index is 12.8. The molecule has 0 N–H and O–H groups in total. The summed E-state index contributed by atoms with van der Waals surface area (Å²) in [4.78, 5) is 19.1.